The van der Waals surface area contributed by atoms with Gasteiger partial charge in [-0.3, -0.25) is 9.59 Å². The molecule has 0 radical (unpaired) electrons. The lowest BCUT2D eigenvalue weighted by molar-refractivity contribution is -0.163. The lowest BCUT2D eigenvalue weighted by Crippen LogP contribution is -2.30. The van der Waals surface area contributed by atoms with E-state index in [4.69, 9.17) is 14.2 Å². The van der Waals surface area contributed by atoms with Gasteiger partial charge in [-0.05, 0) is 103 Å². The first-order chi connectivity index (χ1) is 30.6. The predicted octanol–water partition coefficient (Wildman–Crippen LogP) is 17.9. The van der Waals surface area contributed by atoms with Crippen molar-refractivity contribution >= 4 is 11.9 Å². The molecule has 0 heterocycles. The number of carbonyl (C=O) groups is 2. The van der Waals surface area contributed by atoms with E-state index in [2.05, 4.69) is 93.7 Å². The molecule has 5 nitrogen and oxygen atoms in total. The first-order valence-corrected chi connectivity index (χ1v) is 26.5. The highest BCUT2D eigenvalue weighted by molar-refractivity contribution is 5.70. The fourth-order valence-electron chi connectivity index (χ4n) is 7.26. The lowest BCUT2D eigenvalue weighted by atomic mass is 10.1. The van der Waals surface area contributed by atoms with Gasteiger partial charge >= 0.3 is 11.9 Å². The van der Waals surface area contributed by atoms with Gasteiger partial charge in [-0.15, -0.1) is 0 Å². The van der Waals surface area contributed by atoms with Crippen molar-refractivity contribution in [1.82, 2.24) is 0 Å². The molecule has 0 spiro atoms. The summed E-state index contributed by atoms with van der Waals surface area (Å²) in [6, 6.07) is 0. The number of esters is 2. The molecule has 5 heteroatoms. The van der Waals surface area contributed by atoms with Gasteiger partial charge in [0.15, 0.2) is 6.10 Å². The molecule has 62 heavy (non-hydrogen) atoms. The maximum Gasteiger partial charge on any atom is 0.306 e. The van der Waals surface area contributed by atoms with Crippen molar-refractivity contribution in [2.24, 2.45) is 0 Å². The monoisotopic (exact) mass is 865 g/mol. The van der Waals surface area contributed by atoms with Crippen molar-refractivity contribution in [2.75, 3.05) is 19.8 Å². The molecule has 1 atom stereocenters. The van der Waals surface area contributed by atoms with Crippen LogP contribution in [0.4, 0.5) is 0 Å². The molecule has 0 amide bonds. The van der Waals surface area contributed by atoms with E-state index in [1.165, 1.54) is 135 Å². The van der Waals surface area contributed by atoms with E-state index in [0.29, 0.717) is 19.4 Å². The summed E-state index contributed by atoms with van der Waals surface area (Å²) in [5.74, 6) is -0.424. The van der Waals surface area contributed by atoms with Crippen LogP contribution in [0.3, 0.4) is 0 Å². The Bertz CT molecular complexity index is 1110. The second kappa shape index (κ2) is 52.7. The summed E-state index contributed by atoms with van der Waals surface area (Å²) in [5, 5.41) is 0. The van der Waals surface area contributed by atoms with Crippen LogP contribution in [-0.4, -0.2) is 37.9 Å². The Morgan fingerprint density at radius 3 is 1.24 bits per heavy atom. The highest BCUT2D eigenvalue weighted by Gasteiger charge is 2.17. The van der Waals surface area contributed by atoms with Gasteiger partial charge in [0, 0.05) is 19.4 Å². The molecule has 0 aromatic rings. The zero-order valence-corrected chi connectivity index (χ0v) is 41.1. The van der Waals surface area contributed by atoms with Gasteiger partial charge in [-0.2, -0.15) is 0 Å². The molecular weight excluding hydrogens is 765 g/mol. The topological polar surface area (TPSA) is 61.8 Å². The number of hydrogen-bond donors (Lipinski definition) is 0. The standard InChI is InChI=1S/C57H100O5/c1-4-7-10-13-16-19-22-25-28-29-31-32-35-38-41-44-47-50-56(58)61-54-55(53-60-52-49-46-43-40-37-34-27-24-21-18-15-12-9-6-3)62-57(59)51-48-45-42-39-36-33-30-26-23-20-17-14-11-8-5-2/h8,11-12,15,17,20-21,24-26,28,30,55H,4-7,9-10,13-14,16,18-19,22-23,27,29,31-54H2,1-3H3/b11-8-,15-12-,20-17-,24-21-,28-25-,30-26-. The van der Waals surface area contributed by atoms with E-state index in [0.717, 1.165) is 83.5 Å². The van der Waals surface area contributed by atoms with Gasteiger partial charge in [0.1, 0.15) is 6.61 Å². The van der Waals surface area contributed by atoms with Crippen molar-refractivity contribution in [3.05, 3.63) is 72.9 Å². The first-order valence-electron chi connectivity index (χ1n) is 26.5. The molecule has 0 aliphatic rings. The van der Waals surface area contributed by atoms with Crippen molar-refractivity contribution in [3.63, 3.8) is 0 Å². The van der Waals surface area contributed by atoms with Crippen LogP contribution in [0.15, 0.2) is 72.9 Å². The average Bonchev–Trinajstić information content (AvgIpc) is 3.27. The third-order valence-corrected chi connectivity index (χ3v) is 11.2. The Morgan fingerprint density at radius 1 is 0.371 bits per heavy atom. The normalized spacial score (nSPS) is 12.8. The second-order valence-electron chi connectivity index (χ2n) is 17.4. The molecule has 0 N–H and O–H groups in total. The van der Waals surface area contributed by atoms with Crippen molar-refractivity contribution in [3.8, 4) is 0 Å². The quantitative estimate of drug-likeness (QED) is 0.0346. The Labute approximate surface area is 385 Å². The molecule has 0 aliphatic carbocycles. The van der Waals surface area contributed by atoms with Crippen molar-refractivity contribution in [2.45, 2.75) is 258 Å². The summed E-state index contributed by atoms with van der Waals surface area (Å²) in [6.45, 7) is 7.62. The van der Waals surface area contributed by atoms with Crippen LogP contribution in [0.25, 0.3) is 0 Å². The molecule has 0 saturated heterocycles. The molecule has 0 aliphatic heterocycles. The van der Waals surface area contributed by atoms with Gasteiger partial charge in [-0.25, -0.2) is 0 Å². The van der Waals surface area contributed by atoms with Crippen molar-refractivity contribution < 1.29 is 23.8 Å². The Kier molecular flexibility index (Phi) is 50.4. The molecule has 0 aromatic heterocycles. The smallest absolute Gasteiger partial charge is 0.306 e. The van der Waals surface area contributed by atoms with Crippen LogP contribution < -0.4 is 0 Å². The van der Waals surface area contributed by atoms with Crippen LogP contribution >= 0.6 is 0 Å². The Hall–Kier alpha value is -2.66. The summed E-state index contributed by atoms with van der Waals surface area (Å²) in [4.78, 5) is 25.4. The molecule has 0 saturated carbocycles. The summed E-state index contributed by atoms with van der Waals surface area (Å²) >= 11 is 0. The zero-order chi connectivity index (χ0) is 44.9. The fraction of sp³-hybridized carbons (Fsp3) is 0.754. The Morgan fingerprint density at radius 2 is 0.758 bits per heavy atom. The lowest BCUT2D eigenvalue weighted by Gasteiger charge is -2.18. The minimum absolute atomic E-state index is 0.0701. The summed E-state index contributed by atoms with van der Waals surface area (Å²) in [5.41, 5.74) is 0. The maximum absolute atomic E-state index is 12.8. The van der Waals surface area contributed by atoms with Crippen LogP contribution in [0.5, 0.6) is 0 Å². The Balaban J connectivity index is 4.31. The minimum atomic E-state index is -0.554. The number of unbranched alkanes of at least 4 members (excludes halogenated alkanes) is 25. The van der Waals surface area contributed by atoms with E-state index in [1.807, 2.05) is 0 Å². The van der Waals surface area contributed by atoms with Gasteiger partial charge in [-0.1, -0.05) is 209 Å². The van der Waals surface area contributed by atoms with E-state index in [9.17, 15) is 9.59 Å². The van der Waals surface area contributed by atoms with E-state index >= 15 is 0 Å². The predicted molar refractivity (Wildman–Crippen MR) is 270 cm³/mol. The summed E-state index contributed by atoms with van der Waals surface area (Å²) in [7, 11) is 0. The molecule has 1 unspecified atom stereocenters. The number of carbonyl (C=O) groups excluding carboxylic acids is 2. The highest BCUT2D eigenvalue weighted by atomic mass is 16.6. The largest absolute Gasteiger partial charge is 0.462 e. The highest BCUT2D eigenvalue weighted by Crippen LogP contribution is 2.14. The summed E-state index contributed by atoms with van der Waals surface area (Å²) in [6.07, 6.45) is 67.6. The average molecular weight is 865 g/mol. The van der Waals surface area contributed by atoms with Gasteiger partial charge in [0.2, 0.25) is 0 Å². The van der Waals surface area contributed by atoms with Crippen LogP contribution in [0, 0.1) is 0 Å². The second-order valence-corrected chi connectivity index (χ2v) is 17.4. The number of ether oxygens (including phenoxy) is 3. The zero-order valence-electron chi connectivity index (χ0n) is 41.1. The van der Waals surface area contributed by atoms with Gasteiger partial charge in [0.05, 0.1) is 6.61 Å². The van der Waals surface area contributed by atoms with E-state index < -0.39 is 6.10 Å². The number of allylic oxidation sites excluding steroid dienone is 12. The molecule has 0 bridgehead atoms. The first kappa shape index (κ1) is 59.3. The van der Waals surface area contributed by atoms with E-state index in [-0.39, 0.29) is 25.2 Å². The molecule has 0 fully saturated rings. The fourth-order valence-corrected chi connectivity index (χ4v) is 7.26. The third-order valence-electron chi connectivity index (χ3n) is 11.2. The number of rotatable bonds is 48. The molecule has 358 valence electrons. The van der Waals surface area contributed by atoms with Gasteiger partial charge in [0.25, 0.3) is 0 Å². The van der Waals surface area contributed by atoms with Crippen LogP contribution in [0.1, 0.15) is 252 Å². The molecular formula is C57H100O5. The summed E-state index contributed by atoms with van der Waals surface area (Å²) < 4.78 is 17.4. The maximum atomic E-state index is 12.8. The number of hydrogen-bond acceptors (Lipinski definition) is 5. The molecule has 0 rings (SSSR count). The third kappa shape index (κ3) is 50.0. The minimum Gasteiger partial charge on any atom is -0.462 e. The van der Waals surface area contributed by atoms with Gasteiger partial charge < -0.3 is 14.2 Å². The van der Waals surface area contributed by atoms with Crippen LogP contribution in [0.2, 0.25) is 0 Å². The van der Waals surface area contributed by atoms with Crippen LogP contribution in [-0.2, 0) is 23.8 Å². The molecule has 0 aromatic carbocycles. The van der Waals surface area contributed by atoms with Crippen molar-refractivity contribution in [1.29, 1.82) is 0 Å². The van der Waals surface area contributed by atoms with E-state index in [1.54, 1.807) is 0 Å². The SMILES string of the molecule is CC/C=C\C/C=C\C/C=C\CCCCCCCC(=O)OC(COCCCCCCCC/C=C\C/C=C\CCC)COC(=O)CCCCCCCCC/C=C\CCCCCCCC.